The molecule has 4 rings (SSSR count). The van der Waals surface area contributed by atoms with Crippen LogP contribution in [0.1, 0.15) is 15.9 Å². The standard InChI is InChI=1S/C19H15N3O3/c23-18(17-10-13-6-4-5-9-16(13)19(24)25-17)21-14-11-20-22(12-14)15-7-2-1-3-8-15/h1-9,11-12,17H,10H2,(H,21,23). The molecule has 3 aromatic rings. The summed E-state index contributed by atoms with van der Waals surface area (Å²) in [5, 5.41) is 6.98. The Morgan fingerprint density at radius 2 is 1.88 bits per heavy atom. The SMILES string of the molecule is O=C1OC(C(=O)Nc2cnn(-c3ccccc3)c2)Cc2ccccc21. The van der Waals surface area contributed by atoms with Gasteiger partial charge in [0.2, 0.25) is 0 Å². The van der Waals surface area contributed by atoms with Gasteiger partial charge in [-0.3, -0.25) is 4.79 Å². The Bertz CT molecular complexity index is 934. The largest absolute Gasteiger partial charge is 0.448 e. The molecule has 0 radical (unpaired) electrons. The predicted octanol–water partition coefficient (Wildman–Crippen LogP) is 2.59. The number of nitrogens with one attached hydrogen (secondary N) is 1. The summed E-state index contributed by atoms with van der Waals surface area (Å²) in [6.07, 6.45) is 2.79. The normalized spacial score (nSPS) is 16.0. The molecule has 25 heavy (non-hydrogen) atoms. The first-order valence-corrected chi connectivity index (χ1v) is 7.90. The summed E-state index contributed by atoms with van der Waals surface area (Å²) >= 11 is 0. The van der Waals surface area contributed by atoms with Crippen LogP contribution in [-0.4, -0.2) is 27.8 Å². The van der Waals surface area contributed by atoms with E-state index in [1.54, 1.807) is 29.2 Å². The van der Waals surface area contributed by atoms with E-state index in [0.717, 1.165) is 11.3 Å². The van der Waals surface area contributed by atoms with Crippen molar-refractivity contribution < 1.29 is 14.3 Å². The summed E-state index contributed by atoms with van der Waals surface area (Å²) in [5.41, 5.74) is 2.77. The van der Waals surface area contributed by atoms with Crippen molar-refractivity contribution >= 4 is 17.6 Å². The summed E-state index contributed by atoms with van der Waals surface area (Å²) in [5.74, 6) is -0.836. The van der Waals surface area contributed by atoms with E-state index in [2.05, 4.69) is 10.4 Å². The second-order valence-electron chi connectivity index (χ2n) is 5.75. The zero-order valence-corrected chi connectivity index (χ0v) is 13.3. The lowest BCUT2D eigenvalue weighted by Gasteiger charge is -2.23. The average Bonchev–Trinajstić information content (AvgIpc) is 3.11. The molecule has 1 atom stereocenters. The van der Waals surface area contributed by atoms with Gasteiger partial charge in [0.25, 0.3) is 5.91 Å². The Hall–Kier alpha value is -3.41. The number of aromatic nitrogens is 2. The van der Waals surface area contributed by atoms with Crippen molar-refractivity contribution in [3.8, 4) is 5.69 Å². The highest BCUT2D eigenvalue weighted by atomic mass is 16.5. The second-order valence-corrected chi connectivity index (χ2v) is 5.75. The maximum atomic E-state index is 12.4. The molecular formula is C19H15N3O3. The van der Waals surface area contributed by atoms with E-state index in [1.807, 2.05) is 42.5 Å². The van der Waals surface area contributed by atoms with Gasteiger partial charge in [-0.2, -0.15) is 5.10 Å². The highest BCUT2D eigenvalue weighted by Gasteiger charge is 2.31. The van der Waals surface area contributed by atoms with Gasteiger partial charge in [-0.25, -0.2) is 9.48 Å². The number of rotatable bonds is 3. The molecule has 1 unspecified atom stereocenters. The first kappa shape index (κ1) is 15.1. The number of hydrogen-bond acceptors (Lipinski definition) is 4. The first-order valence-electron chi connectivity index (χ1n) is 7.90. The number of hydrogen-bond donors (Lipinski definition) is 1. The van der Waals surface area contributed by atoms with Crippen LogP contribution in [0.5, 0.6) is 0 Å². The van der Waals surface area contributed by atoms with Crippen molar-refractivity contribution in [1.82, 2.24) is 9.78 Å². The number of carbonyl (C=O) groups excluding carboxylic acids is 2. The third-order valence-electron chi connectivity index (χ3n) is 4.06. The van der Waals surface area contributed by atoms with Gasteiger partial charge in [0.15, 0.2) is 6.10 Å². The number of para-hydroxylation sites is 1. The number of benzene rings is 2. The van der Waals surface area contributed by atoms with Crippen LogP contribution in [0, 0.1) is 0 Å². The number of fused-ring (bicyclic) bond motifs is 1. The van der Waals surface area contributed by atoms with E-state index < -0.39 is 12.1 Å². The van der Waals surface area contributed by atoms with Crippen molar-refractivity contribution in [1.29, 1.82) is 0 Å². The molecule has 0 fully saturated rings. The van der Waals surface area contributed by atoms with Crippen LogP contribution in [0.25, 0.3) is 5.69 Å². The van der Waals surface area contributed by atoms with Gasteiger partial charge < -0.3 is 10.1 Å². The molecule has 0 saturated heterocycles. The number of amides is 1. The lowest BCUT2D eigenvalue weighted by molar-refractivity contribution is -0.125. The average molecular weight is 333 g/mol. The number of cyclic esters (lactones) is 1. The van der Waals surface area contributed by atoms with Crippen LogP contribution in [0.3, 0.4) is 0 Å². The summed E-state index contributed by atoms with van der Waals surface area (Å²) < 4.78 is 6.92. The molecule has 1 aliphatic heterocycles. The van der Waals surface area contributed by atoms with Crippen molar-refractivity contribution in [2.75, 3.05) is 5.32 Å². The zero-order chi connectivity index (χ0) is 17.2. The highest BCUT2D eigenvalue weighted by Crippen LogP contribution is 2.21. The molecule has 1 aromatic heterocycles. The minimum absolute atomic E-state index is 0.362. The lowest BCUT2D eigenvalue weighted by atomic mass is 9.98. The summed E-state index contributed by atoms with van der Waals surface area (Å²) in [4.78, 5) is 24.5. The fourth-order valence-electron chi connectivity index (χ4n) is 2.81. The molecule has 0 bridgehead atoms. The van der Waals surface area contributed by atoms with Crippen LogP contribution in [0.4, 0.5) is 5.69 Å². The first-order chi connectivity index (χ1) is 12.2. The topological polar surface area (TPSA) is 73.2 Å². The van der Waals surface area contributed by atoms with Crippen LogP contribution in [0.15, 0.2) is 67.0 Å². The van der Waals surface area contributed by atoms with Crippen molar-refractivity contribution in [2.45, 2.75) is 12.5 Å². The fraction of sp³-hybridized carbons (Fsp3) is 0.105. The van der Waals surface area contributed by atoms with Crippen LogP contribution >= 0.6 is 0 Å². The van der Waals surface area contributed by atoms with Crippen molar-refractivity contribution in [2.24, 2.45) is 0 Å². The fourth-order valence-corrected chi connectivity index (χ4v) is 2.81. The third kappa shape index (κ3) is 3.01. The second kappa shape index (κ2) is 6.24. The van der Waals surface area contributed by atoms with Crippen LogP contribution in [-0.2, 0) is 16.0 Å². The molecule has 0 saturated carbocycles. The molecule has 0 aliphatic carbocycles. The minimum atomic E-state index is -0.845. The Kier molecular flexibility index (Phi) is 3.78. The molecular weight excluding hydrogens is 318 g/mol. The van der Waals surface area contributed by atoms with Crippen LogP contribution in [0.2, 0.25) is 0 Å². The summed E-state index contributed by atoms with van der Waals surface area (Å²) in [6.45, 7) is 0. The number of ether oxygens (including phenoxy) is 1. The van der Waals surface area contributed by atoms with Gasteiger partial charge in [0, 0.05) is 6.42 Å². The lowest BCUT2D eigenvalue weighted by Crippen LogP contribution is -2.37. The van der Waals surface area contributed by atoms with Crippen molar-refractivity contribution in [3.05, 3.63) is 78.1 Å². The van der Waals surface area contributed by atoms with E-state index in [4.69, 9.17) is 4.74 Å². The smallest absolute Gasteiger partial charge is 0.339 e. The molecule has 6 nitrogen and oxygen atoms in total. The molecule has 0 spiro atoms. The van der Waals surface area contributed by atoms with Gasteiger partial charge >= 0.3 is 5.97 Å². The van der Waals surface area contributed by atoms with Gasteiger partial charge in [-0.1, -0.05) is 36.4 Å². The maximum Gasteiger partial charge on any atom is 0.339 e. The molecule has 1 amide bonds. The molecule has 124 valence electrons. The number of esters is 1. The van der Waals surface area contributed by atoms with Crippen molar-refractivity contribution in [3.63, 3.8) is 0 Å². The maximum absolute atomic E-state index is 12.4. The van der Waals surface area contributed by atoms with E-state index in [1.165, 1.54) is 0 Å². The highest BCUT2D eigenvalue weighted by molar-refractivity contribution is 5.99. The Balaban J connectivity index is 1.48. The summed E-state index contributed by atoms with van der Waals surface area (Å²) in [7, 11) is 0. The van der Waals surface area contributed by atoms with Crippen LogP contribution < -0.4 is 5.32 Å². The van der Waals surface area contributed by atoms with E-state index in [0.29, 0.717) is 17.7 Å². The predicted molar refractivity (Wildman–Crippen MR) is 91.5 cm³/mol. The minimum Gasteiger partial charge on any atom is -0.448 e. The van der Waals surface area contributed by atoms with Gasteiger partial charge in [0.1, 0.15) is 0 Å². The number of carbonyl (C=O) groups is 2. The molecule has 2 aromatic carbocycles. The number of anilines is 1. The van der Waals surface area contributed by atoms with Gasteiger partial charge in [-0.05, 0) is 23.8 Å². The van der Waals surface area contributed by atoms with E-state index in [9.17, 15) is 9.59 Å². The Morgan fingerprint density at radius 3 is 2.72 bits per heavy atom. The van der Waals surface area contributed by atoms with E-state index >= 15 is 0 Å². The monoisotopic (exact) mass is 333 g/mol. The Morgan fingerprint density at radius 1 is 1.12 bits per heavy atom. The summed E-state index contributed by atoms with van der Waals surface area (Å²) in [6, 6.07) is 16.7. The Labute approximate surface area is 144 Å². The number of nitrogens with zero attached hydrogens (tertiary/aromatic N) is 2. The molecule has 1 aliphatic rings. The van der Waals surface area contributed by atoms with Gasteiger partial charge in [-0.15, -0.1) is 0 Å². The van der Waals surface area contributed by atoms with Gasteiger partial charge in [0.05, 0.1) is 29.3 Å². The quantitative estimate of drug-likeness (QED) is 0.748. The third-order valence-corrected chi connectivity index (χ3v) is 4.06. The molecule has 2 heterocycles. The molecule has 6 heteroatoms. The van der Waals surface area contributed by atoms with E-state index in [-0.39, 0.29) is 5.91 Å². The zero-order valence-electron chi connectivity index (χ0n) is 13.3. The molecule has 1 N–H and O–H groups in total.